The molecule has 6 nitrogen and oxygen atoms in total. The molecule has 2 aromatic heterocycles. The summed E-state index contributed by atoms with van der Waals surface area (Å²) < 4.78 is 2.28. The SMILES string of the molecule is CCCCOn1c(=O)cc(NCc2ccc(Br)cc2)c2cncnc21. The van der Waals surface area contributed by atoms with Crippen molar-refractivity contribution in [3.05, 3.63) is 63.2 Å². The number of fused-ring (bicyclic) bond motifs is 1. The predicted molar refractivity (Wildman–Crippen MR) is 102 cm³/mol. The second kappa shape index (κ2) is 8.11. The number of nitrogens with zero attached hydrogens (tertiary/aromatic N) is 3. The molecule has 2 heterocycles. The third-order valence-electron chi connectivity index (χ3n) is 3.76. The lowest BCUT2D eigenvalue weighted by molar-refractivity contribution is 0.108. The van der Waals surface area contributed by atoms with Crippen molar-refractivity contribution in [1.82, 2.24) is 14.7 Å². The molecule has 0 amide bonds. The van der Waals surface area contributed by atoms with Gasteiger partial charge in [0, 0.05) is 23.3 Å². The summed E-state index contributed by atoms with van der Waals surface area (Å²) in [5.41, 5.74) is 2.02. The highest BCUT2D eigenvalue weighted by molar-refractivity contribution is 9.10. The Morgan fingerprint density at radius 3 is 2.84 bits per heavy atom. The van der Waals surface area contributed by atoms with E-state index in [2.05, 4.69) is 38.1 Å². The molecule has 0 saturated carbocycles. The van der Waals surface area contributed by atoms with E-state index in [9.17, 15) is 4.79 Å². The number of pyridine rings is 1. The van der Waals surface area contributed by atoms with E-state index in [1.165, 1.54) is 17.1 Å². The minimum absolute atomic E-state index is 0.249. The molecule has 3 rings (SSSR count). The lowest BCUT2D eigenvalue weighted by atomic mass is 10.2. The van der Waals surface area contributed by atoms with Crippen molar-refractivity contribution in [1.29, 1.82) is 0 Å². The lowest BCUT2D eigenvalue weighted by Gasteiger charge is -2.14. The monoisotopic (exact) mass is 402 g/mol. The molecule has 0 spiro atoms. The summed E-state index contributed by atoms with van der Waals surface area (Å²) >= 11 is 3.42. The third-order valence-corrected chi connectivity index (χ3v) is 4.28. The summed E-state index contributed by atoms with van der Waals surface area (Å²) in [7, 11) is 0. The van der Waals surface area contributed by atoms with Crippen molar-refractivity contribution >= 4 is 32.7 Å². The van der Waals surface area contributed by atoms with Gasteiger partial charge >= 0.3 is 0 Å². The first-order chi connectivity index (χ1) is 12.2. The maximum absolute atomic E-state index is 12.4. The Hall–Kier alpha value is -2.41. The van der Waals surface area contributed by atoms with Crippen LogP contribution in [0.25, 0.3) is 11.0 Å². The highest BCUT2D eigenvalue weighted by Crippen LogP contribution is 2.19. The first-order valence-electron chi connectivity index (χ1n) is 8.16. The number of benzene rings is 1. The van der Waals surface area contributed by atoms with E-state index < -0.39 is 0 Å². The summed E-state index contributed by atoms with van der Waals surface area (Å²) in [4.78, 5) is 26.3. The molecule has 0 saturated heterocycles. The number of anilines is 1. The Labute approximate surface area is 154 Å². The van der Waals surface area contributed by atoms with Gasteiger partial charge in [-0.25, -0.2) is 9.97 Å². The Bertz CT molecular complexity index is 909. The average Bonchev–Trinajstić information content (AvgIpc) is 2.63. The van der Waals surface area contributed by atoms with Crippen LogP contribution in [0, 0.1) is 0 Å². The van der Waals surface area contributed by atoms with Crippen molar-refractivity contribution in [2.24, 2.45) is 0 Å². The normalized spacial score (nSPS) is 10.8. The zero-order chi connectivity index (χ0) is 17.6. The van der Waals surface area contributed by atoms with Gasteiger partial charge < -0.3 is 10.2 Å². The van der Waals surface area contributed by atoms with Crippen LogP contribution in [0.4, 0.5) is 5.69 Å². The molecular formula is C18H19BrN4O2. The minimum Gasteiger partial charge on any atom is -0.409 e. The maximum Gasteiger partial charge on any atom is 0.287 e. The maximum atomic E-state index is 12.4. The van der Waals surface area contributed by atoms with Crippen LogP contribution in [0.2, 0.25) is 0 Å². The van der Waals surface area contributed by atoms with Gasteiger partial charge in [0.25, 0.3) is 5.56 Å². The van der Waals surface area contributed by atoms with Gasteiger partial charge in [0.05, 0.1) is 11.1 Å². The molecule has 0 atom stereocenters. The Morgan fingerprint density at radius 2 is 2.08 bits per heavy atom. The van der Waals surface area contributed by atoms with Crippen molar-refractivity contribution in [2.75, 3.05) is 11.9 Å². The molecular weight excluding hydrogens is 384 g/mol. The molecule has 0 aliphatic rings. The number of unbranched alkanes of at least 4 members (excludes halogenated alkanes) is 1. The third kappa shape index (κ3) is 4.17. The molecule has 0 fully saturated rings. The van der Waals surface area contributed by atoms with E-state index in [1.807, 2.05) is 24.3 Å². The summed E-state index contributed by atoms with van der Waals surface area (Å²) in [6, 6.07) is 9.53. The zero-order valence-corrected chi connectivity index (χ0v) is 15.5. The summed E-state index contributed by atoms with van der Waals surface area (Å²) in [6.45, 7) is 3.14. The van der Waals surface area contributed by atoms with Crippen LogP contribution in [-0.2, 0) is 6.54 Å². The Morgan fingerprint density at radius 1 is 1.28 bits per heavy atom. The van der Waals surface area contributed by atoms with Gasteiger partial charge in [-0.05, 0) is 24.1 Å². The summed E-state index contributed by atoms with van der Waals surface area (Å²) in [6.07, 6.45) is 4.97. The topological polar surface area (TPSA) is 69.0 Å². The largest absolute Gasteiger partial charge is 0.409 e. The van der Waals surface area contributed by atoms with Gasteiger partial charge in [-0.1, -0.05) is 41.4 Å². The first-order valence-corrected chi connectivity index (χ1v) is 8.95. The predicted octanol–water partition coefficient (Wildman–Crippen LogP) is 3.39. The number of halogens is 1. The van der Waals surface area contributed by atoms with Crippen LogP contribution in [0.15, 0.2) is 52.1 Å². The molecule has 0 radical (unpaired) electrons. The number of hydrogen-bond acceptors (Lipinski definition) is 5. The molecule has 0 unspecified atom stereocenters. The van der Waals surface area contributed by atoms with Gasteiger partial charge in [-0.2, -0.15) is 0 Å². The van der Waals surface area contributed by atoms with Crippen LogP contribution in [0.1, 0.15) is 25.3 Å². The molecule has 0 aliphatic heterocycles. The second-order valence-corrected chi connectivity index (χ2v) is 6.53. The van der Waals surface area contributed by atoms with Gasteiger partial charge in [0.15, 0.2) is 5.65 Å². The van der Waals surface area contributed by atoms with Crippen LogP contribution in [0.3, 0.4) is 0 Å². The lowest BCUT2D eigenvalue weighted by Crippen LogP contribution is -2.28. The first kappa shape index (κ1) is 17.4. The molecule has 130 valence electrons. The van der Waals surface area contributed by atoms with Gasteiger partial charge in [0.2, 0.25) is 0 Å². The van der Waals surface area contributed by atoms with Crippen LogP contribution < -0.4 is 15.7 Å². The molecule has 0 bridgehead atoms. The van der Waals surface area contributed by atoms with E-state index in [-0.39, 0.29) is 5.56 Å². The molecule has 0 aliphatic carbocycles. The Kier molecular flexibility index (Phi) is 5.65. The quantitative estimate of drug-likeness (QED) is 0.613. The average molecular weight is 403 g/mol. The van der Waals surface area contributed by atoms with E-state index in [0.29, 0.717) is 24.5 Å². The summed E-state index contributed by atoms with van der Waals surface area (Å²) in [5, 5.41) is 4.04. The minimum atomic E-state index is -0.249. The van der Waals surface area contributed by atoms with Crippen molar-refractivity contribution in [3.8, 4) is 0 Å². The van der Waals surface area contributed by atoms with Crippen molar-refractivity contribution in [3.63, 3.8) is 0 Å². The second-order valence-electron chi connectivity index (χ2n) is 5.62. The Balaban J connectivity index is 1.89. The molecule has 3 aromatic rings. The smallest absolute Gasteiger partial charge is 0.287 e. The van der Waals surface area contributed by atoms with E-state index in [0.717, 1.165) is 28.3 Å². The molecule has 25 heavy (non-hydrogen) atoms. The van der Waals surface area contributed by atoms with Gasteiger partial charge in [0.1, 0.15) is 12.9 Å². The molecule has 1 N–H and O–H groups in total. The fourth-order valence-corrected chi connectivity index (χ4v) is 2.67. The van der Waals surface area contributed by atoms with E-state index in [1.54, 1.807) is 6.20 Å². The fraction of sp³-hybridized carbons (Fsp3) is 0.278. The highest BCUT2D eigenvalue weighted by Gasteiger charge is 2.11. The van der Waals surface area contributed by atoms with E-state index in [4.69, 9.17) is 4.84 Å². The molecule has 7 heteroatoms. The van der Waals surface area contributed by atoms with E-state index >= 15 is 0 Å². The van der Waals surface area contributed by atoms with Gasteiger partial charge in [-0.15, -0.1) is 4.73 Å². The van der Waals surface area contributed by atoms with Crippen molar-refractivity contribution < 1.29 is 4.84 Å². The van der Waals surface area contributed by atoms with Crippen LogP contribution >= 0.6 is 15.9 Å². The summed E-state index contributed by atoms with van der Waals surface area (Å²) in [5.74, 6) is 0. The van der Waals surface area contributed by atoms with Gasteiger partial charge in [-0.3, -0.25) is 4.79 Å². The fourth-order valence-electron chi connectivity index (χ4n) is 2.41. The number of nitrogens with one attached hydrogen (secondary N) is 1. The zero-order valence-electron chi connectivity index (χ0n) is 13.9. The van der Waals surface area contributed by atoms with Crippen LogP contribution in [0.5, 0.6) is 0 Å². The number of aromatic nitrogens is 3. The van der Waals surface area contributed by atoms with Crippen molar-refractivity contribution in [2.45, 2.75) is 26.3 Å². The standard InChI is InChI=1S/C18H19BrN4O2/c1-2-3-8-25-23-17(24)9-16(15-11-20-12-22-18(15)23)21-10-13-4-6-14(19)7-5-13/h4-7,9,11-12,21H,2-3,8,10H2,1H3. The highest BCUT2D eigenvalue weighted by atomic mass is 79.9. The number of hydrogen-bond donors (Lipinski definition) is 1. The molecule has 1 aromatic carbocycles. The van der Waals surface area contributed by atoms with Crippen LogP contribution in [-0.4, -0.2) is 21.3 Å². The number of rotatable bonds is 7.